The van der Waals surface area contributed by atoms with E-state index in [9.17, 15) is 4.79 Å². The van der Waals surface area contributed by atoms with Crippen LogP contribution in [0.15, 0.2) is 52.3 Å². The molecule has 3 heterocycles. The Labute approximate surface area is 161 Å². The number of hydrogen-bond acceptors (Lipinski definition) is 4. The molecule has 0 unspecified atom stereocenters. The molecule has 138 valence electrons. The van der Waals surface area contributed by atoms with Crippen LogP contribution in [-0.4, -0.2) is 26.5 Å². The van der Waals surface area contributed by atoms with Crippen LogP contribution in [0.1, 0.15) is 31.0 Å². The highest BCUT2D eigenvalue weighted by Gasteiger charge is 2.28. The van der Waals surface area contributed by atoms with Crippen LogP contribution in [0.5, 0.6) is 5.75 Å². The summed E-state index contributed by atoms with van der Waals surface area (Å²) in [6.07, 6.45) is 7.53. The molecular formula is C21H21N3O2S. The van der Waals surface area contributed by atoms with Crippen molar-refractivity contribution in [2.75, 3.05) is 12.4 Å². The monoisotopic (exact) mass is 379 g/mol. The number of allylic oxidation sites excluding steroid dienone is 1. The lowest BCUT2D eigenvalue weighted by Crippen LogP contribution is -2.17. The molecule has 1 fully saturated rings. The highest BCUT2D eigenvalue weighted by molar-refractivity contribution is 8.03. The predicted octanol–water partition coefficient (Wildman–Crippen LogP) is 4.00. The standard InChI is InChI=1S/C21H21N3O2S/c1-23-19-11-15(6-7-18(19)22-21(23)14-4-5-14)24-9-8-16(12-20(24)25)26-13-17-3-2-10-27-17/h3,6-9,11-12,14H,2,4-5,10,13H2,1H3. The molecule has 0 atom stereocenters. The topological polar surface area (TPSA) is 49.0 Å². The smallest absolute Gasteiger partial charge is 0.258 e. The number of aryl methyl sites for hydroxylation is 1. The van der Waals surface area contributed by atoms with E-state index >= 15 is 0 Å². The molecule has 1 saturated carbocycles. The van der Waals surface area contributed by atoms with E-state index in [1.165, 1.54) is 17.7 Å². The molecule has 27 heavy (non-hydrogen) atoms. The summed E-state index contributed by atoms with van der Waals surface area (Å²) in [5.41, 5.74) is 2.80. The average Bonchev–Trinajstić information content (AvgIpc) is 3.28. The fourth-order valence-electron chi connectivity index (χ4n) is 3.54. The molecule has 2 aromatic heterocycles. The van der Waals surface area contributed by atoms with Crippen LogP contribution >= 0.6 is 11.8 Å². The van der Waals surface area contributed by atoms with Crippen LogP contribution in [-0.2, 0) is 7.05 Å². The van der Waals surface area contributed by atoms with E-state index in [0.717, 1.165) is 34.7 Å². The number of imidazole rings is 1. The van der Waals surface area contributed by atoms with E-state index in [4.69, 9.17) is 9.72 Å². The van der Waals surface area contributed by atoms with Gasteiger partial charge < -0.3 is 9.30 Å². The van der Waals surface area contributed by atoms with Gasteiger partial charge in [-0.2, -0.15) is 0 Å². The van der Waals surface area contributed by atoms with Gasteiger partial charge in [0, 0.05) is 35.9 Å². The number of ether oxygens (including phenoxy) is 1. The van der Waals surface area contributed by atoms with Crippen molar-refractivity contribution in [1.29, 1.82) is 0 Å². The third kappa shape index (κ3) is 3.18. The molecule has 1 aromatic carbocycles. The van der Waals surface area contributed by atoms with Gasteiger partial charge >= 0.3 is 0 Å². The van der Waals surface area contributed by atoms with Crippen LogP contribution in [0.4, 0.5) is 0 Å². The van der Waals surface area contributed by atoms with Crippen LogP contribution in [0, 0.1) is 0 Å². The number of thioether (sulfide) groups is 1. The summed E-state index contributed by atoms with van der Waals surface area (Å²) in [6, 6.07) is 9.40. The largest absolute Gasteiger partial charge is 0.488 e. The van der Waals surface area contributed by atoms with Gasteiger partial charge in [0.05, 0.1) is 16.7 Å². The van der Waals surface area contributed by atoms with E-state index in [1.54, 1.807) is 16.8 Å². The summed E-state index contributed by atoms with van der Waals surface area (Å²) in [5.74, 6) is 3.48. The molecule has 0 bridgehead atoms. The number of rotatable bonds is 5. The van der Waals surface area contributed by atoms with Crippen molar-refractivity contribution in [2.45, 2.75) is 25.2 Å². The maximum absolute atomic E-state index is 12.6. The van der Waals surface area contributed by atoms with Crippen molar-refractivity contribution in [1.82, 2.24) is 14.1 Å². The SMILES string of the molecule is Cn1c(C2CC2)nc2ccc(-n3ccc(OCC4=CCCS4)cc3=O)cc21. The zero-order valence-electron chi connectivity index (χ0n) is 15.2. The average molecular weight is 379 g/mol. The normalized spacial score (nSPS) is 16.7. The number of pyridine rings is 1. The van der Waals surface area contributed by atoms with Gasteiger partial charge in [0.25, 0.3) is 5.56 Å². The number of hydrogen-bond donors (Lipinski definition) is 0. The third-order valence-corrected chi connectivity index (χ3v) is 6.26. The van der Waals surface area contributed by atoms with Gasteiger partial charge in [0.1, 0.15) is 18.2 Å². The van der Waals surface area contributed by atoms with Crippen molar-refractivity contribution >= 4 is 22.8 Å². The van der Waals surface area contributed by atoms with Gasteiger partial charge in [-0.25, -0.2) is 4.98 Å². The van der Waals surface area contributed by atoms with Crippen molar-refractivity contribution < 1.29 is 4.74 Å². The Morgan fingerprint density at radius 3 is 2.89 bits per heavy atom. The van der Waals surface area contributed by atoms with E-state index in [-0.39, 0.29) is 5.56 Å². The Bertz CT molecular complexity index is 1110. The summed E-state index contributed by atoms with van der Waals surface area (Å²) in [6.45, 7) is 0.541. The van der Waals surface area contributed by atoms with Gasteiger partial charge in [0.2, 0.25) is 0 Å². The Morgan fingerprint density at radius 2 is 2.15 bits per heavy atom. The van der Waals surface area contributed by atoms with Gasteiger partial charge in [-0.1, -0.05) is 6.08 Å². The Kier molecular flexibility index (Phi) is 4.08. The Morgan fingerprint density at radius 1 is 1.26 bits per heavy atom. The zero-order chi connectivity index (χ0) is 18.4. The fourth-order valence-corrected chi connectivity index (χ4v) is 4.42. The highest BCUT2D eigenvalue weighted by Crippen LogP contribution is 2.40. The van der Waals surface area contributed by atoms with Crippen LogP contribution < -0.4 is 10.3 Å². The molecule has 0 radical (unpaired) electrons. The molecule has 3 aromatic rings. The minimum atomic E-state index is -0.0931. The van der Waals surface area contributed by atoms with Gasteiger partial charge in [-0.05, 0) is 43.5 Å². The van der Waals surface area contributed by atoms with Gasteiger partial charge in [0.15, 0.2) is 0 Å². The van der Waals surface area contributed by atoms with Crippen LogP contribution in [0.2, 0.25) is 0 Å². The molecule has 0 spiro atoms. The molecule has 6 heteroatoms. The molecule has 0 N–H and O–H groups in total. The first-order valence-electron chi connectivity index (χ1n) is 9.33. The third-order valence-electron chi connectivity index (χ3n) is 5.17. The summed E-state index contributed by atoms with van der Waals surface area (Å²) in [7, 11) is 2.06. The zero-order valence-corrected chi connectivity index (χ0v) is 16.0. The molecule has 2 aliphatic rings. The first kappa shape index (κ1) is 16.7. The van der Waals surface area contributed by atoms with E-state index in [2.05, 4.69) is 17.7 Å². The second-order valence-electron chi connectivity index (χ2n) is 7.14. The predicted molar refractivity (Wildman–Crippen MR) is 109 cm³/mol. The Balaban J connectivity index is 1.43. The molecule has 0 saturated heterocycles. The maximum atomic E-state index is 12.6. The summed E-state index contributed by atoms with van der Waals surface area (Å²) in [5, 5.41) is 0. The van der Waals surface area contributed by atoms with Crippen molar-refractivity contribution in [2.24, 2.45) is 7.05 Å². The highest BCUT2D eigenvalue weighted by atomic mass is 32.2. The van der Waals surface area contributed by atoms with Gasteiger partial charge in [-0.3, -0.25) is 9.36 Å². The van der Waals surface area contributed by atoms with Crippen molar-refractivity contribution in [3.05, 3.63) is 63.7 Å². The number of nitrogens with zero attached hydrogens (tertiary/aromatic N) is 3. The Hall–Kier alpha value is -2.47. The fraction of sp³-hybridized carbons (Fsp3) is 0.333. The molecular weight excluding hydrogens is 358 g/mol. The summed E-state index contributed by atoms with van der Waals surface area (Å²) >= 11 is 1.82. The first-order valence-corrected chi connectivity index (χ1v) is 10.3. The van der Waals surface area contributed by atoms with Crippen LogP contribution in [0.25, 0.3) is 16.7 Å². The van der Waals surface area contributed by atoms with E-state index < -0.39 is 0 Å². The summed E-state index contributed by atoms with van der Waals surface area (Å²) < 4.78 is 9.58. The molecule has 0 amide bonds. The van der Waals surface area contributed by atoms with Gasteiger partial charge in [-0.15, -0.1) is 11.8 Å². The van der Waals surface area contributed by atoms with Crippen LogP contribution in [0.3, 0.4) is 0 Å². The van der Waals surface area contributed by atoms with Crippen molar-refractivity contribution in [3.63, 3.8) is 0 Å². The molecule has 1 aliphatic carbocycles. The quantitative estimate of drug-likeness (QED) is 0.672. The second kappa shape index (κ2) is 6.60. The number of aromatic nitrogens is 3. The lowest BCUT2D eigenvalue weighted by atomic mass is 10.2. The lowest BCUT2D eigenvalue weighted by molar-refractivity contribution is 0.358. The molecule has 5 nitrogen and oxygen atoms in total. The minimum absolute atomic E-state index is 0.0931. The molecule has 5 rings (SSSR count). The molecule has 1 aliphatic heterocycles. The van der Waals surface area contributed by atoms with E-state index in [1.807, 2.05) is 36.0 Å². The lowest BCUT2D eigenvalue weighted by Gasteiger charge is -2.09. The maximum Gasteiger partial charge on any atom is 0.258 e. The minimum Gasteiger partial charge on any atom is -0.488 e. The summed E-state index contributed by atoms with van der Waals surface area (Å²) in [4.78, 5) is 18.6. The second-order valence-corrected chi connectivity index (χ2v) is 8.36. The van der Waals surface area contributed by atoms with Crippen molar-refractivity contribution in [3.8, 4) is 11.4 Å². The van der Waals surface area contributed by atoms with E-state index in [0.29, 0.717) is 18.3 Å². The first-order chi connectivity index (χ1) is 13.2. The number of benzene rings is 1. The number of fused-ring (bicyclic) bond motifs is 1.